The maximum atomic E-state index is 12.1. The fourth-order valence-corrected chi connectivity index (χ4v) is 2.13. The Morgan fingerprint density at radius 1 is 1.10 bits per heavy atom. The molecular formula is C15H9ClO4. The number of phenolic OH excluding ortho intramolecular Hbond substituents is 2. The van der Waals surface area contributed by atoms with E-state index in [0.717, 1.165) is 0 Å². The van der Waals surface area contributed by atoms with Crippen LogP contribution < -0.4 is 4.74 Å². The highest BCUT2D eigenvalue weighted by Gasteiger charge is 2.27. The molecule has 4 nitrogen and oxygen atoms in total. The van der Waals surface area contributed by atoms with E-state index in [1.165, 1.54) is 30.3 Å². The van der Waals surface area contributed by atoms with Crippen LogP contribution in [0.2, 0.25) is 5.02 Å². The van der Waals surface area contributed by atoms with Crippen LogP contribution in [0.15, 0.2) is 42.2 Å². The first-order valence-electron chi connectivity index (χ1n) is 5.80. The van der Waals surface area contributed by atoms with Crippen molar-refractivity contribution in [1.82, 2.24) is 0 Å². The van der Waals surface area contributed by atoms with E-state index < -0.39 is 0 Å². The first-order valence-corrected chi connectivity index (χ1v) is 6.18. The molecule has 3 rings (SSSR count). The lowest BCUT2D eigenvalue weighted by molar-refractivity contribution is 0.101. The summed E-state index contributed by atoms with van der Waals surface area (Å²) in [5.41, 5.74) is 0.770. The predicted octanol–water partition coefficient (Wildman–Crippen LogP) is 3.37. The van der Waals surface area contributed by atoms with Crippen molar-refractivity contribution in [3.63, 3.8) is 0 Å². The molecule has 0 saturated heterocycles. The van der Waals surface area contributed by atoms with Crippen molar-refractivity contribution in [2.24, 2.45) is 0 Å². The molecule has 5 heteroatoms. The van der Waals surface area contributed by atoms with Crippen LogP contribution in [0, 0.1) is 0 Å². The van der Waals surface area contributed by atoms with Crippen molar-refractivity contribution in [2.45, 2.75) is 0 Å². The van der Waals surface area contributed by atoms with Gasteiger partial charge >= 0.3 is 0 Å². The van der Waals surface area contributed by atoms with E-state index in [-0.39, 0.29) is 23.0 Å². The second kappa shape index (κ2) is 4.58. The van der Waals surface area contributed by atoms with Gasteiger partial charge in [0.2, 0.25) is 5.78 Å². The molecule has 2 N–H and O–H groups in total. The molecule has 1 aliphatic heterocycles. The van der Waals surface area contributed by atoms with E-state index in [9.17, 15) is 15.0 Å². The summed E-state index contributed by atoms with van der Waals surface area (Å²) in [7, 11) is 0. The summed E-state index contributed by atoms with van der Waals surface area (Å²) in [5.74, 6) is 0.0448. The van der Waals surface area contributed by atoms with Crippen LogP contribution in [-0.2, 0) is 0 Å². The smallest absolute Gasteiger partial charge is 0.232 e. The van der Waals surface area contributed by atoms with Crippen LogP contribution in [0.25, 0.3) is 6.08 Å². The number of ether oxygens (including phenoxy) is 1. The van der Waals surface area contributed by atoms with Crippen LogP contribution >= 0.6 is 11.6 Å². The van der Waals surface area contributed by atoms with Gasteiger partial charge in [0.25, 0.3) is 0 Å². The van der Waals surface area contributed by atoms with Crippen molar-refractivity contribution >= 4 is 23.5 Å². The largest absolute Gasteiger partial charge is 0.508 e. The molecule has 2 aromatic carbocycles. The number of phenols is 2. The number of allylic oxidation sites excluding steroid dienone is 1. The van der Waals surface area contributed by atoms with Gasteiger partial charge in [-0.25, -0.2) is 0 Å². The number of hydrogen-bond donors (Lipinski definition) is 2. The lowest BCUT2D eigenvalue weighted by Gasteiger charge is -2.01. The summed E-state index contributed by atoms with van der Waals surface area (Å²) in [4.78, 5) is 12.1. The quantitative estimate of drug-likeness (QED) is 0.790. The third-order valence-electron chi connectivity index (χ3n) is 2.93. The molecule has 0 atom stereocenters. The number of ketones is 1. The highest BCUT2D eigenvalue weighted by Crippen LogP contribution is 2.34. The Bertz CT molecular complexity index is 750. The van der Waals surface area contributed by atoms with E-state index in [2.05, 4.69) is 0 Å². The van der Waals surface area contributed by atoms with Gasteiger partial charge in [0.15, 0.2) is 5.76 Å². The number of carbonyl (C=O) groups is 1. The molecule has 1 heterocycles. The molecule has 1 aliphatic rings. The second-order valence-electron chi connectivity index (χ2n) is 4.32. The summed E-state index contributed by atoms with van der Waals surface area (Å²) < 4.78 is 5.44. The lowest BCUT2D eigenvalue weighted by Crippen LogP contribution is -1.98. The molecule has 0 fully saturated rings. The van der Waals surface area contributed by atoms with Crippen LogP contribution in [-0.4, -0.2) is 16.0 Å². The van der Waals surface area contributed by atoms with Gasteiger partial charge in [-0.05, 0) is 36.4 Å². The average molecular weight is 289 g/mol. The standard InChI is InChI=1S/C15H9ClO4/c16-9-2-4-13-11(6-9)15(19)14(20-13)5-8-1-3-10(17)7-12(8)18/h1-7,17-18H. The summed E-state index contributed by atoms with van der Waals surface area (Å²) >= 11 is 5.84. The SMILES string of the molecule is O=C1C(=Cc2ccc(O)cc2O)Oc2ccc(Cl)cc21. The molecule has 0 amide bonds. The number of benzene rings is 2. The van der Waals surface area contributed by atoms with Crippen molar-refractivity contribution in [2.75, 3.05) is 0 Å². The van der Waals surface area contributed by atoms with Gasteiger partial charge in [0.05, 0.1) is 5.56 Å². The Balaban J connectivity index is 2.01. The zero-order valence-electron chi connectivity index (χ0n) is 10.1. The topological polar surface area (TPSA) is 66.8 Å². The van der Waals surface area contributed by atoms with Crippen LogP contribution in [0.3, 0.4) is 0 Å². The van der Waals surface area contributed by atoms with Gasteiger partial charge in [-0.15, -0.1) is 0 Å². The highest BCUT2D eigenvalue weighted by atomic mass is 35.5. The van der Waals surface area contributed by atoms with Gasteiger partial charge in [-0.2, -0.15) is 0 Å². The van der Waals surface area contributed by atoms with Crippen LogP contribution in [0.5, 0.6) is 17.2 Å². The number of aromatic hydroxyl groups is 2. The Morgan fingerprint density at radius 2 is 1.90 bits per heavy atom. The summed E-state index contributed by atoms with van der Waals surface area (Å²) in [6.07, 6.45) is 1.42. The fourth-order valence-electron chi connectivity index (χ4n) is 1.96. The van der Waals surface area contributed by atoms with Crippen LogP contribution in [0.4, 0.5) is 0 Å². The van der Waals surface area contributed by atoms with E-state index in [1.54, 1.807) is 12.1 Å². The molecule has 0 bridgehead atoms. The number of rotatable bonds is 1. The minimum Gasteiger partial charge on any atom is -0.508 e. The highest BCUT2D eigenvalue weighted by molar-refractivity contribution is 6.31. The van der Waals surface area contributed by atoms with Crippen LogP contribution in [0.1, 0.15) is 15.9 Å². The lowest BCUT2D eigenvalue weighted by atomic mass is 10.1. The summed E-state index contributed by atoms with van der Waals surface area (Å²) in [6, 6.07) is 8.88. The van der Waals surface area contributed by atoms with E-state index in [4.69, 9.17) is 16.3 Å². The van der Waals surface area contributed by atoms with E-state index in [0.29, 0.717) is 21.9 Å². The Morgan fingerprint density at radius 3 is 2.65 bits per heavy atom. The van der Waals surface area contributed by atoms with Crippen molar-refractivity contribution in [1.29, 1.82) is 0 Å². The molecule has 0 aromatic heterocycles. The Labute approximate surface area is 119 Å². The number of halogens is 1. The Kier molecular flexibility index (Phi) is 2.88. The second-order valence-corrected chi connectivity index (χ2v) is 4.76. The molecular weight excluding hydrogens is 280 g/mol. The first-order chi connectivity index (χ1) is 9.54. The number of fused-ring (bicyclic) bond motifs is 1. The number of hydrogen-bond acceptors (Lipinski definition) is 4. The van der Waals surface area contributed by atoms with Crippen molar-refractivity contribution < 1.29 is 19.7 Å². The zero-order valence-corrected chi connectivity index (χ0v) is 10.9. The van der Waals surface area contributed by atoms with Crippen molar-refractivity contribution in [3.8, 4) is 17.2 Å². The average Bonchev–Trinajstić information content (AvgIpc) is 2.70. The minimum absolute atomic E-state index is 0.0571. The summed E-state index contributed by atoms with van der Waals surface area (Å²) in [5, 5.41) is 19.4. The molecule has 0 spiro atoms. The normalized spacial score (nSPS) is 15.2. The molecule has 20 heavy (non-hydrogen) atoms. The minimum atomic E-state index is -0.296. The number of Topliss-reactive ketones (excluding diaryl/α,β-unsaturated/α-hetero) is 1. The van der Waals surface area contributed by atoms with Crippen molar-refractivity contribution in [3.05, 3.63) is 58.3 Å². The van der Waals surface area contributed by atoms with Gasteiger partial charge in [-0.3, -0.25) is 4.79 Å². The summed E-state index contributed by atoms with van der Waals surface area (Å²) in [6.45, 7) is 0. The first kappa shape index (κ1) is 12.6. The van der Waals surface area contributed by atoms with E-state index in [1.807, 2.05) is 0 Å². The molecule has 0 radical (unpaired) electrons. The zero-order chi connectivity index (χ0) is 14.3. The molecule has 0 aliphatic carbocycles. The maximum Gasteiger partial charge on any atom is 0.232 e. The molecule has 0 unspecified atom stereocenters. The van der Waals surface area contributed by atoms with Gasteiger partial charge < -0.3 is 14.9 Å². The molecule has 100 valence electrons. The molecule has 0 saturated carbocycles. The fraction of sp³-hybridized carbons (Fsp3) is 0. The predicted molar refractivity (Wildman–Crippen MR) is 74.2 cm³/mol. The third-order valence-corrected chi connectivity index (χ3v) is 3.17. The van der Waals surface area contributed by atoms with Gasteiger partial charge in [0, 0.05) is 16.7 Å². The maximum absolute atomic E-state index is 12.1. The third kappa shape index (κ3) is 2.10. The monoisotopic (exact) mass is 288 g/mol. The van der Waals surface area contributed by atoms with E-state index >= 15 is 0 Å². The van der Waals surface area contributed by atoms with Gasteiger partial charge in [0.1, 0.15) is 17.2 Å². The Hall–Kier alpha value is -2.46. The van der Waals surface area contributed by atoms with Gasteiger partial charge in [-0.1, -0.05) is 11.6 Å². The number of carbonyl (C=O) groups excluding carboxylic acids is 1. The molecule has 2 aromatic rings.